The van der Waals surface area contributed by atoms with Crippen LogP contribution in [-0.4, -0.2) is 45.9 Å². The van der Waals surface area contributed by atoms with Crippen LogP contribution in [0, 0.1) is 13.8 Å². The van der Waals surface area contributed by atoms with E-state index in [0.717, 1.165) is 17.1 Å². The second-order valence-corrected chi connectivity index (χ2v) is 6.71. The first-order valence-electron chi connectivity index (χ1n) is 8.63. The molecule has 2 aromatic heterocycles. The van der Waals surface area contributed by atoms with Gasteiger partial charge in [-0.3, -0.25) is 9.78 Å². The highest BCUT2D eigenvalue weighted by Crippen LogP contribution is 2.20. The van der Waals surface area contributed by atoms with Gasteiger partial charge >= 0.3 is 0 Å². The van der Waals surface area contributed by atoms with Crippen molar-refractivity contribution in [1.29, 1.82) is 0 Å². The van der Waals surface area contributed by atoms with E-state index in [0.29, 0.717) is 38.2 Å². The number of hydrogen-bond donors (Lipinski definition) is 2. The highest BCUT2D eigenvalue weighted by Gasteiger charge is 2.30. The summed E-state index contributed by atoms with van der Waals surface area (Å²) in [4.78, 5) is 16.9. The Bertz CT molecular complexity index is 734. The van der Waals surface area contributed by atoms with Crippen LogP contribution in [0.5, 0.6) is 0 Å². The second kappa shape index (κ2) is 7.37. The smallest absolute Gasteiger partial charge is 0.253 e. The zero-order chi connectivity index (χ0) is 17.9. The van der Waals surface area contributed by atoms with Crippen LogP contribution in [0.3, 0.4) is 0 Å². The van der Waals surface area contributed by atoms with Crippen molar-refractivity contribution in [2.24, 2.45) is 0 Å². The maximum atomic E-state index is 12.6. The van der Waals surface area contributed by atoms with Crippen molar-refractivity contribution in [1.82, 2.24) is 14.9 Å². The molecule has 0 unspecified atom stereocenters. The molecule has 1 saturated heterocycles. The Morgan fingerprint density at radius 3 is 2.80 bits per heavy atom. The van der Waals surface area contributed by atoms with Crippen molar-refractivity contribution >= 4 is 5.91 Å². The molecule has 1 amide bonds. The minimum Gasteiger partial charge on any atom is -0.388 e. The fraction of sp³-hybridized carbons (Fsp3) is 0.474. The quantitative estimate of drug-likeness (QED) is 0.868. The van der Waals surface area contributed by atoms with E-state index in [-0.39, 0.29) is 12.5 Å². The lowest BCUT2D eigenvalue weighted by atomic mass is 9.94. The first-order chi connectivity index (χ1) is 12.0. The predicted octanol–water partition coefficient (Wildman–Crippen LogP) is 1.82. The largest absolute Gasteiger partial charge is 0.388 e. The van der Waals surface area contributed by atoms with E-state index in [1.165, 1.54) is 0 Å². The SMILES string of the molecule is Cc1cc(C(=O)NCC2(O)CCOCC2)c(C)n1Cc1ccccn1. The third-order valence-electron chi connectivity index (χ3n) is 4.87. The van der Waals surface area contributed by atoms with Crippen LogP contribution in [0.15, 0.2) is 30.5 Å². The molecule has 0 spiro atoms. The molecular weight excluding hydrogens is 318 g/mol. The Morgan fingerprint density at radius 2 is 2.12 bits per heavy atom. The summed E-state index contributed by atoms with van der Waals surface area (Å²) >= 11 is 0. The van der Waals surface area contributed by atoms with E-state index in [1.54, 1.807) is 6.20 Å². The van der Waals surface area contributed by atoms with E-state index < -0.39 is 5.60 Å². The summed E-state index contributed by atoms with van der Waals surface area (Å²) in [6.45, 7) is 5.87. The van der Waals surface area contributed by atoms with Crippen molar-refractivity contribution in [2.75, 3.05) is 19.8 Å². The molecule has 0 aromatic carbocycles. The Balaban J connectivity index is 1.70. The average molecular weight is 343 g/mol. The van der Waals surface area contributed by atoms with E-state index in [2.05, 4.69) is 14.9 Å². The molecule has 134 valence electrons. The number of pyridine rings is 1. The summed E-state index contributed by atoms with van der Waals surface area (Å²) in [5, 5.41) is 13.4. The number of aliphatic hydroxyl groups is 1. The number of aryl methyl sites for hydroxylation is 1. The Kier molecular flexibility index (Phi) is 5.20. The maximum absolute atomic E-state index is 12.6. The molecule has 3 heterocycles. The van der Waals surface area contributed by atoms with Gasteiger partial charge in [0.05, 0.1) is 23.4 Å². The lowest BCUT2D eigenvalue weighted by molar-refractivity contribution is -0.0605. The molecule has 0 bridgehead atoms. The van der Waals surface area contributed by atoms with E-state index >= 15 is 0 Å². The molecule has 1 fully saturated rings. The van der Waals surface area contributed by atoms with Crippen LogP contribution in [0.25, 0.3) is 0 Å². The number of nitrogens with one attached hydrogen (secondary N) is 1. The van der Waals surface area contributed by atoms with Crippen molar-refractivity contribution in [2.45, 2.75) is 38.8 Å². The van der Waals surface area contributed by atoms with Crippen LogP contribution >= 0.6 is 0 Å². The normalized spacial score (nSPS) is 16.6. The highest BCUT2D eigenvalue weighted by molar-refractivity contribution is 5.95. The zero-order valence-electron chi connectivity index (χ0n) is 14.8. The summed E-state index contributed by atoms with van der Waals surface area (Å²) in [5.74, 6) is -0.153. The zero-order valence-corrected chi connectivity index (χ0v) is 14.8. The fourth-order valence-corrected chi connectivity index (χ4v) is 3.20. The monoisotopic (exact) mass is 343 g/mol. The van der Waals surface area contributed by atoms with Gasteiger partial charge in [-0.15, -0.1) is 0 Å². The van der Waals surface area contributed by atoms with Gasteiger partial charge in [-0.2, -0.15) is 0 Å². The van der Waals surface area contributed by atoms with Crippen molar-refractivity contribution in [3.63, 3.8) is 0 Å². The molecule has 6 nitrogen and oxygen atoms in total. The summed E-state index contributed by atoms with van der Waals surface area (Å²) in [5.41, 5.74) is 2.64. The van der Waals surface area contributed by atoms with Gasteiger partial charge in [0.15, 0.2) is 0 Å². The average Bonchev–Trinajstić information content (AvgIpc) is 2.90. The third kappa shape index (κ3) is 4.08. The molecule has 0 saturated carbocycles. The van der Waals surface area contributed by atoms with Crippen LogP contribution in [-0.2, 0) is 11.3 Å². The number of carbonyl (C=O) groups is 1. The number of nitrogens with zero attached hydrogens (tertiary/aromatic N) is 2. The molecule has 3 rings (SSSR count). The van der Waals surface area contributed by atoms with Gasteiger partial charge in [0.2, 0.25) is 0 Å². The molecule has 6 heteroatoms. The number of aromatic nitrogens is 2. The van der Waals surface area contributed by atoms with Gasteiger partial charge < -0.3 is 19.7 Å². The van der Waals surface area contributed by atoms with Gasteiger partial charge in [-0.1, -0.05) is 6.07 Å². The maximum Gasteiger partial charge on any atom is 0.253 e. The standard InChI is InChI=1S/C19H25N3O3/c1-14-11-17(15(2)22(14)12-16-5-3-4-8-20-16)18(23)21-13-19(24)6-9-25-10-7-19/h3-5,8,11,24H,6-7,9-10,12-13H2,1-2H3,(H,21,23). The van der Waals surface area contributed by atoms with E-state index in [4.69, 9.17) is 4.74 Å². The molecule has 2 N–H and O–H groups in total. The molecule has 0 radical (unpaired) electrons. The fourth-order valence-electron chi connectivity index (χ4n) is 3.20. The van der Waals surface area contributed by atoms with Gasteiger partial charge in [-0.05, 0) is 32.0 Å². The molecular formula is C19H25N3O3. The first-order valence-corrected chi connectivity index (χ1v) is 8.63. The Labute approximate surface area is 147 Å². The van der Waals surface area contributed by atoms with Crippen molar-refractivity contribution in [3.8, 4) is 0 Å². The van der Waals surface area contributed by atoms with Crippen LogP contribution < -0.4 is 5.32 Å². The molecule has 25 heavy (non-hydrogen) atoms. The lowest BCUT2D eigenvalue weighted by Gasteiger charge is -2.32. The number of carbonyl (C=O) groups excluding carboxylic acids is 1. The molecule has 1 aliphatic rings. The van der Waals surface area contributed by atoms with Crippen LogP contribution in [0.4, 0.5) is 0 Å². The molecule has 0 aliphatic carbocycles. The predicted molar refractivity (Wildman–Crippen MR) is 94.6 cm³/mol. The van der Waals surface area contributed by atoms with Gasteiger partial charge in [0, 0.05) is 50.2 Å². The Morgan fingerprint density at radius 1 is 1.36 bits per heavy atom. The van der Waals surface area contributed by atoms with E-state index in [9.17, 15) is 9.90 Å². The molecule has 1 aliphatic heterocycles. The lowest BCUT2D eigenvalue weighted by Crippen LogP contribution is -2.46. The van der Waals surface area contributed by atoms with Gasteiger partial charge in [0.25, 0.3) is 5.91 Å². The second-order valence-electron chi connectivity index (χ2n) is 6.71. The minimum absolute atomic E-state index is 0.153. The molecule has 2 aromatic rings. The molecule has 0 atom stereocenters. The number of hydrogen-bond acceptors (Lipinski definition) is 4. The highest BCUT2D eigenvalue weighted by atomic mass is 16.5. The number of rotatable bonds is 5. The summed E-state index contributed by atoms with van der Waals surface area (Å²) < 4.78 is 7.35. The van der Waals surface area contributed by atoms with Crippen molar-refractivity contribution < 1.29 is 14.6 Å². The summed E-state index contributed by atoms with van der Waals surface area (Å²) in [7, 11) is 0. The minimum atomic E-state index is -0.868. The number of amides is 1. The van der Waals surface area contributed by atoms with Gasteiger partial charge in [-0.25, -0.2) is 0 Å². The third-order valence-corrected chi connectivity index (χ3v) is 4.87. The summed E-state index contributed by atoms with van der Waals surface area (Å²) in [6.07, 6.45) is 2.86. The summed E-state index contributed by atoms with van der Waals surface area (Å²) in [6, 6.07) is 7.71. The number of ether oxygens (including phenoxy) is 1. The van der Waals surface area contributed by atoms with Gasteiger partial charge in [0.1, 0.15) is 0 Å². The topological polar surface area (TPSA) is 76.4 Å². The van der Waals surface area contributed by atoms with Crippen LogP contribution in [0.2, 0.25) is 0 Å². The Hall–Kier alpha value is -2.18. The van der Waals surface area contributed by atoms with E-state index in [1.807, 2.05) is 38.1 Å². The van der Waals surface area contributed by atoms with Crippen LogP contribution in [0.1, 0.15) is 40.3 Å². The first kappa shape index (κ1) is 17.6. The van der Waals surface area contributed by atoms with Crippen molar-refractivity contribution in [3.05, 3.63) is 53.1 Å².